The smallest absolute Gasteiger partial charge is 0.347 e. The third-order valence-electron chi connectivity index (χ3n) is 7.09. The van der Waals surface area contributed by atoms with Gasteiger partial charge in [0.15, 0.2) is 6.10 Å². The molecule has 1 unspecified atom stereocenters. The van der Waals surface area contributed by atoms with E-state index in [-0.39, 0.29) is 11.9 Å². The number of ether oxygens (including phenoxy) is 2. The Morgan fingerprint density at radius 2 is 1.27 bits per heavy atom. The zero-order chi connectivity index (χ0) is 25.9. The van der Waals surface area contributed by atoms with E-state index in [2.05, 4.69) is 96.0 Å². The Kier molecular flexibility index (Phi) is 7.04. The Balaban J connectivity index is 1.64. The van der Waals surface area contributed by atoms with Gasteiger partial charge in [0.05, 0.1) is 6.61 Å². The number of aryl methyl sites for hydroxylation is 2. The highest BCUT2D eigenvalue weighted by atomic mass is 16.6. The predicted molar refractivity (Wildman–Crippen MR) is 149 cm³/mol. The zero-order valence-electron chi connectivity index (χ0n) is 22.0. The van der Waals surface area contributed by atoms with E-state index in [1.165, 1.54) is 38.5 Å². The lowest BCUT2D eigenvalue weighted by Gasteiger charge is -2.19. The van der Waals surface area contributed by atoms with E-state index in [1.54, 1.807) is 13.8 Å². The monoisotopic (exact) mass is 494 g/mol. The summed E-state index contributed by atoms with van der Waals surface area (Å²) in [5.74, 6) is 0.325. The maximum Gasteiger partial charge on any atom is 0.347 e. The zero-order valence-corrected chi connectivity index (χ0v) is 22.0. The first-order chi connectivity index (χ1) is 18.0. The fraction of sp³-hybridized carbons (Fsp3) is 0.281. The van der Waals surface area contributed by atoms with Crippen molar-refractivity contribution in [2.75, 3.05) is 6.61 Å². The minimum absolute atomic E-state index is 0.0342. The molecule has 0 radical (unpaired) electrons. The Bertz CT molecular complexity index is 1450. The molecule has 0 spiro atoms. The molecule has 5 nitrogen and oxygen atoms in total. The lowest BCUT2D eigenvalue weighted by molar-refractivity contribution is -0.150. The number of fused-ring (bicyclic) bond motifs is 2. The van der Waals surface area contributed by atoms with Gasteiger partial charge in [0.25, 0.3) is 0 Å². The van der Waals surface area contributed by atoms with Gasteiger partial charge in [-0.3, -0.25) is 0 Å². The van der Waals surface area contributed by atoms with E-state index in [4.69, 9.17) is 9.47 Å². The SMILES string of the molecule is CCOC(=O)C(C)Oc1ccc(C(c2cn(CC)c3ccccc23)c2cn(CC)c3ccccc23)cc1. The summed E-state index contributed by atoms with van der Waals surface area (Å²) in [7, 11) is 0. The molecule has 0 aliphatic rings. The van der Waals surface area contributed by atoms with E-state index >= 15 is 0 Å². The summed E-state index contributed by atoms with van der Waals surface area (Å²) in [5, 5.41) is 2.53. The quantitative estimate of drug-likeness (QED) is 0.205. The lowest BCUT2D eigenvalue weighted by Crippen LogP contribution is -2.26. The average Bonchev–Trinajstić information content (AvgIpc) is 3.49. The normalized spacial score (nSPS) is 12.4. The van der Waals surface area contributed by atoms with Crippen LogP contribution < -0.4 is 4.74 Å². The van der Waals surface area contributed by atoms with Gasteiger partial charge in [0.2, 0.25) is 0 Å². The van der Waals surface area contributed by atoms with Crippen LogP contribution in [0.2, 0.25) is 0 Å². The van der Waals surface area contributed by atoms with Gasteiger partial charge < -0.3 is 18.6 Å². The molecule has 2 aromatic heterocycles. The van der Waals surface area contributed by atoms with Gasteiger partial charge in [-0.1, -0.05) is 48.5 Å². The van der Waals surface area contributed by atoms with Crippen molar-refractivity contribution in [1.29, 1.82) is 0 Å². The standard InChI is InChI=1S/C32H34N2O3/c1-5-33-20-27(25-12-8-10-14-29(25)33)31(28-21-34(6-2)30-15-11-9-13-26(28)30)23-16-18-24(19-17-23)37-22(4)32(35)36-7-3/h8-22,31H,5-7H2,1-4H3. The van der Waals surface area contributed by atoms with Gasteiger partial charge in [-0.25, -0.2) is 4.79 Å². The molecular weight excluding hydrogens is 460 g/mol. The molecular formula is C32H34N2O3. The van der Waals surface area contributed by atoms with Crippen molar-refractivity contribution in [3.05, 3.63) is 102 Å². The second-order valence-corrected chi connectivity index (χ2v) is 9.29. The summed E-state index contributed by atoms with van der Waals surface area (Å²) < 4.78 is 15.6. The van der Waals surface area contributed by atoms with Crippen LogP contribution in [0.4, 0.5) is 0 Å². The number of aromatic nitrogens is 2. The molecule has 0 amide bonds. The number of benzene rings is 3. The average molecular weight is 495 g/mol. The van der Waals surface area contributed by atoms with Crippen molar-refractivity contribution >= 4 is 27.8 Å². The molecule has 5 aromatic rings. The highest BCUT2D eigenvalue weighted by Gasteiger charge is 2.25. The molecule has 190 valence electrons. The van der Waals surface area contributed by atoms with Crippen LogP contribution in [0.15, 0.2) is 85.2 Å². The number of para-hydroxylation sites is 2. The summed E-state index contributed by atoms with van der Waals surface area (Å²) in [6, 6.07) is 25.4. The number of hydrogen-bond acceptors (Lipinski definition) is 3. The molecule has 0 fully saturated rings. The predicted octanol–water partition coefficient (Wildman–Crippen LogP) is 7.15. The van der Waals surface area contributed by atoms with Crippen LogP contribution in [0, 0.1) is 0 Å². The molecule has 2 heterocycles. The molecule has 1 atom stereocenters. The number of carbonyl (C=O) groups is 1. The van der Waals surface area contributed by atoms with Crippen molar-refractivity contribution in [3.8, 4) is 5.75 Å². The fourth-order valence-corrected chi connectivity index (χ4v) is 5.31. The first kappa shape index (κ1) is 24.7. The Morgan fingerprint density at radius 3 is 1.76 bits per heavy atom. The largest absolute Gasteiger partial charge is 0.479 e. The highest BCUT2D eigenvalue weighted by molar-refractivity contribution is 5.90. The number of hydrogen-bond donors (Lipinski definition) is 0. The second kappa shape index (κ2) is 10.6. The third-order valence-corrected chi connectivity index (χ3v) is 7.09. The van der Waals surface area contributed by atoms with Crippen molar-refractivity contribution in [3.63, 3.8) is 0 Å². The lowest BCUT2D eigenvalue weighted by atomic mass is 9.85. The van der Waals surface area contributed by atoms with Gasteiger partial charge in [0, 0.05) is 53.2 Å². The van der Waals surface area contributed by atoms with Crippen LogP contribution in [-0.4, -0.2) is 27.8 Å². The molecule has 0 saturated carbocycles. The topological polar surface area (TPSA) is 45.4 Å². The van der Waals surface area contributed by atoms with Crippen LogP contribution in [-0.2, 0) is 22.6 Å². The van der Waals surface area contributed by atoms with Crippen LogP contribution in [0.1, 0.15) is 50.3 Å². The van der Waals surface area contributed by atoms with Crippen LogP contribution >= 0.6 is 0 Å². The molecule has 0 N–H and O–H groups in total. The van der Waals surface area contributed by atoms with Crippen molar-refractivity contribution in [2.24, 2.45) is 0 Å². The summed E-state index contributed by atoms with van der Waals surface area (Å²) >= 11 is 0. The van der Waals surface area contributed by atoms with E-state index in [0.717, 1.165) is 13.1 Å². The first-order valence-electron chi connectivity index (χ1n) is 13.1. The maximum absolute atomic E-state index is 12.1. The molecule has 3 aromatic carbocycles. The van der Waals surface area contributed by atoms with E-state index in [9.17, 15) is 4.79 Å². The van der Waals surface area contributed by atoms with Gasteiger partial charge in [-0.15, -0.1) is 0 Å². The molecule has 0 aliphatic carbocycles. The molecule has 5 heteroatoms. The fourth-order valence-electron chi connectivity index (χ4n) is 5.31. The number of rotatable bonds is 9. The maximum atomic E-state index is 12.1. The Hall–Kier alpha value is -3.99. The molecule has 0 aliphatic heterocycles. The summed E-state index contributed by atoms with van der Waals surface area (Å²) in [5.41, 5.74) is 6.23. The summed E-state index contributed by atoms with van der Waals surface area (Å²) in [6.45, 7) is 10.0. The minimum Gasteiger partial charge on any atom is -0.479 e. The van der Waals surface area contributed by atoms with Gasteiger partial charge in [-0.2, -0.15) is 0 Å². The van der Waals surface area contributed by atoms with Crippen LogP contribution in [0.25, 0.3) is 21.8 Å². The summed E-state index contributed by atoms with van der Waals surface area (Å²) in [6.07, 6.45) is 3.95. The van der Waals surface area contributed by atoms with Crippen LogP contribution in [0.5, 0.6) is 5.75 Å². The Morgan fingerprint density at radius 1 is 0.757 bits per heavy atom. The van der Waals surface area contributed by atoms with Gasteiger partial charge in [-0.05, 0) is 68.7 Å². The van der Waals surface area contributed by atoms with Gasteiger partial charge >= 0.3 is 5.97 Å². The minimum atomic E-state index is -0.661. The van der Waals surface area contributed by atoms with E-state index < -0.39 is 6.10 Å². The number of carbonyl (C=O) groups excluding carboxylic acids is 1. The number of nitrogens with zero attached hydrogens (tertiary/aromatic N) is 2. The van der Waals surface area contributed by atoms with Crippen molar-refractivity contribution in [2.45, 2.75) is 52.8 Å². The molecule has 0 saturated heterocycles. The van der Waals surface area contributed by atoms with Crippen LogP contribution in [0.3, 0.4) is 0 Å². The van der Waals surface area contributed by atoms with Crippen molar-refractivity contribution < 1.29 is 14.3 Å². The summed E-state index contributed by atoms with van der Waals surface area (Å²) in [4.78, 5) is 12.1. The molecule has 0 bridgehead atoms. The third kappa shape index (κ3) is 4.62. The van der Waals surface area contributed by atoms with Gasteiger partial charge in [0.1, 0.15) is 5.75 Å². The number of esters is 1. The first-order valence-corrected chi connectivity index (χ1v) is 13.1. The Labute approximate surface area is 218 Å². The highest BCUT2D eigenvalue weighted by Crippen LogP contribution is 2.41. The van der Waals surface area contributed by atoms with E-state index in [1.807, 2.05) is 12.1 Å². The van der Waals surface area contributed by atoms with E-state index in [0.29, 0.717) is 12.4 Å². The van der Waals surface area contributed by atoms with Crippen molar-refractivity contribution in [1.82, 2.24) is 9.13 Å². The second-order valence-electron chi connectivity index (χ2n) is 9.29. The molecule has 37 heavy (non-hydrogen) atoms. The molecule has 5 rings (SSSR count).